The number of carbonyl (C=O) groups is 1. The fourth-order valence-corrected chi connectivity index (χ4v) is 7.18. The molecule has 0 fully saturated rings. The van der Waals surface area contributed by atoms with Crippen molar-refractivity contribution in [2.75, 3.05) is 40.9 Å². The molecule has 8 nitrogen and oxygen atoms in total. The van der Waals surface area contributed by atoms with Crippen LogP contribution in [0.25, 0.3) is 0 Å². The number of aliphatic hydroxyl groups excluding tert-OH is 1. The highest BCUT2D eigenvalue weighted by Gasteiger charge is 2.23. The molecule has 0 spiro atoms. The minimum atomic E-state index is -4.60. The largest absolute Gasteiger partial charge is 0.756 e. The maximum absolute atomic E-state index is 12.8. The van der Waals surface area contributed by atoms with Crippen LogP contribution in [-0.2, 0) is 18.4 Å². The number of unbranched alkanes of at least 4 members (excludes halogenated alkanes) is 23. The standard InChI is InChI=1S/C48H91N2O6P/c1-6-8-10-12-14-16-18-19-20-21-22-23-24-25-26-27-28-29-30-32-33-35-37-39-41-47(51)46(45-56-57(53,54)55-44-43-50(3,4)5)49-48(52)42-40-38-36-34-31-17-15-13-11-9-7-2/h13,15,27-28,32-33,39,41,46-47,51H,6-12,14,16-26,29-31,34-38,40,42-45H2,1-5H3,(H-,49,52,53,54)/b15-13-,28-27+,33-32+,41-39+. The number of quaternary nitrogens is 1. The minimum absolute atomic E-state index is 0.0117. The molecule has 0 saturated carbocycles. The van der Waals surface area contributed by atoms with Crippen molar-refractivity contribution in [1.29, 1.82) is 0 Å². The number of nitrogens with zero attached hydrogens (tertiary/aromatic N) is 1. The van der Waals surface area contributed by atoms with Crippen LogP contribution in [-0.4, -0.2) is 68.5 Å². The number of phosphoric acid groups is 1. The first-order valence-corrected chi connectivity index (χ1v) is 25.0. The van der Waals surface area contributed by atoms with E-state index in [1.807, 2.05) is 27.2 Å². The Morgan fingerprint density at radius 3 is 1.47 bits per heavy atom. The SMILES string of the molecule is CCCC/C=C\CCCCCCCC(=O)NC(COP(=O)([O-])OCC[N+](C)(C)C)C(O)/C=C/CC/C=C/CC/C=C/CCCCCCCCCCCCCCCC. The molecule has 3 unspecified atom stereocenters. The number of carbonyl (C=O) groups excluding carboxylic acids is 1. The van der Waals surface area contributed by atoms with Gasteiger partial charge in [0.15, 0.2) is 0 Å². The molecule has 3 atom stereocenters. The average Bonchev–Trinajstić information content (AvgIpc) is 3.16. The third kappa shape index (κ3) is 42.4. The number of hydrogen-bond donors (Lipinski definition) is 2. The second-order valence-corrected chi connectivity index (χ2v) is 18.5. The smallest absolute Gasteiger partial charge is 0.268 e. The molecule has 9 heteroatoms. The summed E-state index contributed by atoms with van der Waals surface area (Å²) in [5, 5.41) is 13.7. The van der Waals surface area contributed by atoms with Crippen LogP contribution in [0.15, 0.2) is 48.6 Å². The predicted molar refractivity (Wildman–Crippen MR) is 242 cm³/mol. The van der Waals surface area contributed by atoms with Gasteiger partial charge in [-0.3, -0.25) is 9.36 Å². The highest BCUT2D eigenvalue weighted by molar-refractivity contribution is 7.45. The molecule has 57 heavy (non-hydrogen) atoms. The van der Waals surface area contributed by atoms with Gasteiger partial charge < -0.3 is 28.8 Å². The Labute approximate surface area is 352 Å². The maximum Gasteiger partial charge on any atom is 0.268 e. The van der Waals surface area contributed by atoms with Crippen LogP contribution >= 0.6 is 7.82 Å². The summed E-state index contributed by atoms with van der Waals surface area (Å²) in [6, 6.07) is -0.913. The molecule has 2 N–H and O–H groups in total. The zero-order valence-corrected chi connectivity index (χ0v) is 38.7. The lowest BCUT2D eigenvalue weighted by Crippen LogP contribution is -2.45. The first-order chi connectivity index (χ1) is 27.5. The zero-order valence-electron chi connectivity index (χ0n) is 37.8. The van der Waals surface area contributed by atoms with Gasteiger partial charge in [0.1, 0.15) is 13.2 Å². The van der Waals surface area contributed by atoms with E-state index >= 15 is 0 Å². The molecule has 0 aliphatic carbocycles. The first kappa shape index (κ1) is 55.5. The Kier molecular flexibility index (Phi) is 38.8. The van der Waals surface area contributed by atoms with E-state index in [0.29, 0.717) is 17.4 Å². The van der Waals surface area contributed by atoms with Crippen LogP contribution in [0.1, 0.15) is 200 Å². The third-order valence-electron chi connectivity index (χ3n) is 10.2. The Hall–Kier alpha value is -1.54. The fraction of sp³-hybridized carbons (Fsp3) is 0.812. The number of phosphoric ester groups is 1. The molecule has 0 radical (unpaired) electrons. The Bertz CT molecular complexity index is 1070. The molecule has 0 bridgehead atoms. The number of allylic oxidation sites excluding steroid dienone is 7. The van der Waals surface area contributed by atoms with Gasteiger partial charge in [-0.25, -0.2) is 0 Å². The van der Waals surface area contributed by atoms with Gasteiger partial charge in [0.2, 0.25) is 5.91 Å². The van der Waals surface area contributed by atoms with Crippen molar-refractivity contribution < 1.29 is 32.9 Å². The summed E-state index contributed by atoms with van der Waals surface area (Å²) < 4.78 is 23.1. The molecule has 0 rings (SSSR count). The van der Waals surface area contributed by atoms with Crippen LogP contribution in [0.3, 0.4) is 0 Å². The monoisotopic (exact) mass is 823 g/mol. The number of aliphatic hydroxyl groups is 1. The van der Waals surface area contributed by atoms with Crippen LogP contribution in [0.5, 0.6) is 0 Å². The minimum Gasteiger partial charge on any atom is -0.756 e. The van der Waals surface area contributed by atoms with E-state index < -0.39 is 26.6 Å². The molecular formula is C48H91N2O6P. The van der Waals surface area contributed by atoms with E-state index in [4.69, 9.17) is 9.05 Å². The highest BCUT2D eigenvalue weighted by Crippen LogP contribution is 2.38. The fourth-order valence-electron chi connectivity index (χ4n) is 6.46. The van der Waals surface area contributed by atoms with Crippen molar-refractivity contribution in [1.82, 2.24) is 5.32 Å². The molecule has 0 heterocycles. The van der Waals surface area contributed by atoms with Gasteiger partial charge in [-0.15, -0.1) is 0 Å². The van der Waals surface area contributed by atoms with Gasteiger partial charge in [-0.1, -0.05) is 178 Å². The summed E-state index contributed by atoms with van der Waals surface area (Å²) in [6.07, 6.45) is 50.4. The summed E-state index contributed by atoms with van der Waals surface area (Å²) in [5.74, 6) is -0.224. The first-order valence-electron chi connectivity index (χ1n) is 23.5. The zero-order chi connectivity index (χ0) is 42.1. The number of hydrogen-bond acceptors (Lipinski definition) is 6. The molecule has 1 amide bonds. The lowest BCUT2D eigenvalue weighted by molar-refractivity contribution is -0.870. The quantitative estimate of drug-likeness (QED) is 0.0275. The highest BCUT2D eigenvalue weighted by atomic mass is 31.2. The van der Waals surface area contributed by atoms with E-state index in [9.17, 15) is 19.4 Å². The average molecular weight is 823 g/mol. The number of rotatable bonds is 42. The topological polar surface area (TPSA) is 108 Å². The lowest BCUT2D eigenvalue weighted by atomic mass is 10.0. The summed E-state index contributed by atoms with van der Waals surface area (Å²) >= 11 is 0. The molecule has 0 aromatic carbocycles. The van der Waals surface area contributed by atoms with Gasteiger partial charge in [-0.2, -0.15) is 0 Å². The van der Waals surface area contributed by atoms with Crippen LogP contribution in [0, 0.1) is 0 Å². The van der Waals surface area contributed by atoms with E-state index in [-0.39, 0.29) is 12.5 Å². The van der Waals surface area contributed by atoms with Gasteiger partial charge >= 0.3 is 0 Å². The van der Waals surface area contributed by atoms with Crippen molar-refractivity contribution in [3.63, 3.8) is 0 Å². The second kappa shape index (κ2) is 39.9. The number of likely N-dealkylation sites (N-methyl/N-ethyl adjacent to an activating group) is 1. The van der Waals surface area contributed by atoms with Gasteiger partial charge in [0, 0.05) is 6.42 Å². The van der Waals surface area contributed by atoms with Gasteiger partial charge in [0.05, 0.1) is 39.9 Å². The summed E-state index contributed by atoms with van der Waals surface area (Å²) in [5.41, 5.74) is 0. The van der Waals surface area contributed by atoms with E-state index in [1.54, 1.807) is 6.08 Å². The summed E-state index contributed by atoms with van der Waals surface area (Å²) in [7, 11) is 1.22. The van der Waals surface area contributed by atoms with Crippen molar-refractivity contribution >= 4 is 13.7 Å². The Morgan fingerprint density at radius 2 is 1.00 bits per heavy atom. The third-order valence-corrected chi connectivity index (χ3v) is 11.2. The van der Waals surface area contributed by atoms with Crippen LogP contribution < -0.4 is 10.2 Å². The second-order valence-electron chi connectivity index (χ2n) is 17.1. The van der Waals surface area contributed by atoms with Crippen LogP contribution in [0.2, 0.25) is 0 Å². The van der Waals surface area contributed by atoms with Gasteiger partial charge in [-0.05, 0) is 64.2 Å². The van der Waals surface area contributed by atoms with Crippen molar-refractivity contribution in [3.8, 4) is 0 Å². The van der Waals surface area contributed by atoms with Gasteiger partial charge in [0.25, 0.3) is 7.82 Å². The van der Waals surface area contributed by atoms with E-state index in [0.717, 1.165) is 70.6 Å². The Morgan fingerprint density at radius 1 is 0.596 bits per heavy atom. The molecular weight excluding hydrogens is 732 g/mol. The molecule has 0 aromatic rings. The number of nitrogens with one attached hydrogen (secondary N) is 1. The molecule has 0 saturated heterocycles. The van der Waals surface area contributed by atoms with E-state index in [1.165, 1.54) is 109 Å². The van der Waals surface area contributed by atoms with Crippen molar-refractivity contribution in [2.24, 2.45) is 0 Å². The predicted octanol–water partition coefficient (Wildman–Crippen LogP) is 12.6. The van der Waals surface area contributed by atoms with Crippen molar-refractivity contribution in [3.05, 3.63) is 48.6 Å². The molecule has 0 aromatic heterocycles. The molecule has 334 valence electrons. The summed E-state index contributed by atoms with van der Waals surface area (Å²) in [4.78, 5) is 25.2. The number of amides is 1. The van der Waals surface area contributed by atoms with Crippen molar-refractivity contribution in [2.45, 2.75) is 212 Å². The lowest BCUT2D eigenvalue weighted by Gasteiger charge is -2.29. The maximum atomic E-state index is 12.8. The van der Waals surface area contributed by atoms with E-state index in [2.05, 4.69) is 55.6 Å². The van der Waals surface area contributed by atoms with Crippen LogP contribution in [0.4, 0.5) is 0 Å². The Balaban J connectivity index is 4.38. The molecule has 0 aliphatic heterocycles. The normalized spacial score (nSPS) is 14.7. The summed E-state index contributed by atoms with van der Waals surface area (Å²) in [6.45, 7) is 4.56. The molecule has 0 aliphatic rings.